The molecule has 94 valence electrons. The summed E-state index contributed by atoms with van der Waals surface area (Å²) >= 11 is 0. The summed E-state index contributed by atoms with van der Waals surface area (Å²) in [6.45, 7) is 9.31. The summed E-state index contributed by atoms with van der Waals surface area (Å²) in [4.78, 5) is 0. The van der Waals surface area contributed by atoms with E-state index >= 15 is 0 Å². The van der Waals surface area contributed by atoms with E-state index in [2.05, 4.69) is 27.7 Å². The Kier molecular flexibility index (Phi) is 3.36. The van der Waals surface area contributed by atoms with E-state index in [1.165, 1.54) is 32.1 Å². The summed E-state index contributed by atoms with van der Waals surface area (Å²) < 4.78 is 0. The van der Waals surface area contributed by atoms with Crippen LogP contribution in [0, 0.1) is 29.1 Å². The van der Waals surface area contributed by atoms with Crippen molar-refractivity contribution < 1.29 is 5.11 Å². The Hall–Kier alpha value is -0.0400. The fourth-order valence-electron chi connectivity index (χ4n) is 4.56. The Labute approximate surface area is 101 Å². The van der Waals surface area contributed by atoms with Crippen LogP contribution >= 0.6 is 0 Å². The van der Waals surface area contributed by atoms with Crippen molar-refractivity contribution in [2.24, 2.45) is 29.1 Å². The van der Waals surface area contributed by atoms with Crippen LogP contribution in [-0.2, 0) is 0 Å². The predicted molar refractivity (Wildman–Crippen MR) is 68.2 cm³/mol. The maximum absolute atomic E-state index is 10.7. The molecule has 2 rings (SSSR count). The van der Waals surface area contributed by atoms with Crippen molar-refractivity contribution in [1.82, 2.24) is 0 Å². The van der Waals surface area contributed by atoms with Gasteiger partial charge >= 0.3 is 0 Å². The summed E-state index contributed by atoms with van der Waals surface area (Å²) in [6.07, 6.45) is 6.55. The number of rotatable bonds is 1. The molecule has 0 aromatic heterocycles. The summed E-state index contributed by atoms with van der Waals surface area (Å²) in [5.74, 6) is 2.45. The average Bonchev–Trinajstić information content (AvgIpc) is 2.16. The van der Waals surface area contributed by atoms with Gasteiger partial charge in [-0.25, -0.2) is 0 Å². The van der Waals surface area contributed by atoms with Gasteiger partial charge in [0.05, 0.1) is 6.10 Å². The standard InChI is InChI=1S/C15H28O/c1-10(2)12-7-9-15(4)8-5-6-11(3)13(15)14(12)16/h10-14,16H,5-9H2,1-4H3/t11-,12-,13+,14-,15+/m0/s1. The molecule has 0 aromatic carbocycles. The quantitative estimate of drug-likeness (QED) is 0.717. The number of hydrogen-bond donors (Lipinski definition) is 1. The molecule has 16 heavy (non-hydrogen) atoms. The van der Waals surface area contributed by atoms with Crippen LogP contribution < -0.4 is 0 Å². The molecule has 0 heterocycles. The first-order valence-electron chi connectivity index (χ1n) is 7.14. The first-order chi connectivity index (χ1) is 7.46. The Morgan fingerprint density at radius 1 is 1.19 bits per heavy atom. The maximum atomic E-state index is 10.7. The molecule has 0 saturated heterocycles. The van der Waals surface area contributed by atoms with E-state index in [0.29, 0.717) is 23.2 Å². The Morgan fingerprint density at radius 2 is 1.88 bits per heavy atom. The second-order valence-electron chi connectivity index (χ2n) is 6.99. The number of aliphatic hydroxyl groups is 1. The molecular weight excluding hydrogens is 196 g/mol. The molecule has 1 N–H and O–H groups in total. The third-order valence-electron chi connectivity index (χ3n) is 5.54. The van der Waals surface area contributed by atoms with Gasteiger partial charge < -0.3 is 5.11 Å². The van der Waals surface area contributed by atoms with Crippen molar-refractivity contribution in [1.29, 1.82) is 0 Å². The summed E-state index contributed by atoms with van der Waals surface area (Å²) in [5.41, 5.74) is 0.433. The largest absolute Gasteiger partial charge is 0.393 e. The molecule has 0 spiro atoms. The average molecular weight is 224 g/mol. The van der Waals surface area contributed by atoms with Crippen LogP contribution in [0.15, 0.2) is 0 Å². The highest BCUT2D eigenvalue weighted by atomic mass is 16.3. The fourth-order valence-corrected chi connectivity index (χ4v) is 4.56. The lowest BCUT2D eigenvalue weighted by molar-refractivity contribution is -0.112. The lowest BCUT2D eigenvalue weighted by Gasteiger charge is -2.54. The van der Waals surface area contributed by atoms with Crippen LogP contribution in [-0.4, -0.2) is 11.2 Å². The summed E-state index contributed by atoms with van der Waals surface area (Å²) in [5, 5.41) is 10.7. The summed E-state index contributed by atoms with van der Waals surface area (Å²) in [6, 6.07) is 0. The van der Waals surface area contributed by atoms with Gasteiger partial charge in [0.25, 0.3) is 0 Å². The van der Waals surface area contributed by atoms with Crippen molar-refractivity contribution in [2.45, 2.75) is 65.9 Å². The molecule has 0 aliphatic heterocycles. The van der Waals surface area contributed by atoms with Crippen molar-refractivity contribution in [3.63, 3.8) is 0 Å². The zero-order chi connectivity index (χ0) is 11.9. The van der Waals surface area contributed by atoms with Crippen LogP contribution in [0.5, 0.6) is 0 Å². The second-order valence-corrected chi connectivity index (χ2v) is 6.99. The van der Waals surface area contributed by atoms with E-state index in [0.717, 1.165) is 5.92 Å². The van der Waals surface area contributed by atoms with Gasteiger partial charge in [0.1, 0.15) is 0 Å². The molecule has 0 aromatic rings. The lowest BCUT2D eigenvalue weighted by atomic mass is 9.53. The molecule has 0 amide bonds. The highest BCUT2D eigenvalue weighted by Crippen LogP contribution is 2.54. The van der Waals surface area contributed by atoms with Gasteiger partial charge in [0.15, 0.2) is 0 Å². The second kappa shape index (κ2) is 4.33. The molecule has 1 nitrogen and oxygen atoms in total. The SMILES string of the molecule is CC(C)[C@@H]1CC[C@@]2(C)CCC[C@H](C)[C@@H]2[C@H]1O. The predicted octanol–water partition coefficient (Wildman–Crippen LogP) is 3.86. The van der Waals surface area contributed by atoms with Crippen LogP contribution in [0.25, 0.3) is 0 Å². The van der Waals surface area contributed by atoms with E-state index in [9.17, 15) is 5.11 Å². The molecule has 2 fully saturated rings. The minimum atomic E-state index is -0.0472. The van der Waals surface area contributed by atoms with E-state index in [-0.39, 0.29) is 6.10 Å². The van der Waals surface area contributed by atoms with Gasteiger partial charge in [-0.3, -0.25) is 0 Å². The van der Waals surface area contributed by atoms with Crippen LogP contribution in [0.1, 0.15) is 59.8 Å². The van der Waals surface area contributed by atoms with E-state index in [4.69, 9.17) is 0 Å². The molecule has 1 heteroatoms. The van der Waals surface area contributed by atoms with Gasteiger partial charge in [-0.2, -0.15) is 0 Å². The molecule has 2 aliphatic carbocycles. The molecule has 2 saturated carbocycles. The van der Waals surface area contributed by atoms with Crippen molar-refractivity contribution in [3.05, 3.63) is 0 Å². The normalized spacial score (nSPS) is 49.1. The number of hydrogen-bond acceptors (Lipinski definition) is 1. The highest BCUT2D eigenvalue weighted by Gasteiger charge is 2.49. The zero-order valence-corrected chi connectivity index (χ0v) is 11.4. The smallest absolute Gasteiger partial charge is 0.0606 e. The van der Waals surface area contributed by atoms with Crippen molar-refractivity contribution >= 4 is 0 Å². The van der Waals surface area contributed by atoms with Crippen LogP contribution in [0.4, 0.5) is 0 Å². The van der Waals surface area contributed by atoms with Gasteiger partial charge in [-0.05, 0) is 48.3 Å². The van der Waals surface area contributed by atoms with Crippen LogP contribution in [0.3, 0.4) is 0 Å². The zero-order valence-electron chi connectivity index (χ0n) is 11.4. The molecule has 2 aliphatic rings. The Morgan fingerprint density at radius 3 is 2.50 bits per heavy atom. The van der Waals surface area contributed by atoms with Gasteiger partial charge in [0, 0.05) is 0 Å². The monoisotopic (exact) mass is 224 g/mol. The fraction of sp³-hybridized carbons (Fsp3) is 1.00. The lowest BCUT2D eigenvalue weighted by Crippen LogP contribution is -2.51. The molecule has 0 radical (unpaired) electrons. The van der Waals surface area contributed by atoms with Crippen molar-refractivity contribution in [2.75, 3.05) is 0 Å². The molecule has 0 bridgehead atoms. The van der Waals surface area contributed by atoms with Gasteiger partial charge in [0.2, 0.25) is 0 Å². The highest BCUT2D eigenvalue weighted by molar-refractivity contribution is 4.99. The van der Waals surface area contributed by atoms with Gasteiger partial charge in [-0.1, -0.05) is 40.5 Å². The molecule has 0 unspecified atom stereocenters. The molecule has 5 atom stereocenters. The van der Waals surface area contributed by atoms with Gasteiger partial charge in [-0.15, -0.1) is 0 Å². The number of fused-ring (bicyclic) bond motifs is 1. The Bertz CT molecular complexity index is 248. The number of aliphatic hydroxyl groups excluding tert-OH is 1. The minimum absolute atomic E-state index is 0.0472. The van der Waals surface area contributed by atoms with Crippen LogP contribution in [0.2, 0.25) is 0 Å². The topological polar surface area (TPSA) is 20.2 Å². The first-order valence-corrected chi connectivity index (χ1v) is 7.14. The first kappa shape index (κ1) is 12.4. The minimum Gasteiger partial charge on any atom is -0.393 e. The third kappa shape index (κ3) is 1.92. The van der Waals surface area contributed by atoms with E-state index in [1.807, 2.05) is 0 Å². The van der Waals surface area contributed by atoms with E-state index in [1.54, 1.807) is 0 Å². The van der Waals surface area contributed by atoms with Crippen molar-refractivity contribution in [3.8, 4) is 0 Å². The Balaban J connectivity index is 2.20. The molecular formula is C15H28O. The van der Waals surface area contributed by atoms with E-state index < -0.39 is 0 Å². The third-order valence-corrected chi connectivity index (χ3v) is 5.54. The summed E-state index contributed by atoms with van der Waals surface area (Å²) in [7, 11) is 0. The maximum Gasteiger partial charge on any atom is 0.0606 e.